The van der Waals surface area contributed by atoms with E-state index in [-0.39, 0.29) is 5.78 Å². The van der Waals surface area contributed by atoms with Crippen molar-refractivity contribution in [2.45, 2.75) is 6.42 Å². The number of aromatic nitrogens is 2. The molecule has 136 valence electrons. The minimum atomic E-state index is -0.00593. The molecule has 0 saturated heterocycles. The van der Waals surface area contributed by atoms with Gasteiger partial charge in [0.25, 0.3) is 0 Å². The fourth-order valence-corrected chi connectivity index (χ4v) is 3.35. The Hall–Kier alpha value is -3.05. The van der Waals surface area contributed by atoms with Crippen molar-refractivity contribution in [2.75, 3.05) is 14.2 Å². The summed E-state index contributed by atoms with van der Waals surface area (Å²) in [5, 5.41) is 7.98. The predicted molar refractivity (Wildman–Crippen MR) is 105 cm³/mol. The van der Waals surface area contributed by atoms with E-state index in [0.29, 0.717) is 34.1 Å². The number of methoxy groups -OCH3 is 2. The number of carbonyl (C=O) groups excluding carboxylic acids is 1. The maximum absolute atomic E-state index is 12.8. The molecule has 1 heterocycles. The van der Waals surface area contributed by atoms with Crippen LogP contribution in [-0.2, 0) is 6.42 Å². The second kappa shape index (κ2) is 6.93. The van der Waals surface area contributed by atoms with Crippen molar-refractivity contribution < 1.29 is 14.3 Å². The number of allylic oxidation sites excluding steroid dienone is 1. The second-order valence-corrected chi connectivity index (χ2v) is 6.69. The Morgan fingerprint density at radius 3 is 2.48 bits per heavy atom. The van der Waals surface area contributed by atoms with E-state index < -0.39 is 0 Å². The fourth-order valence-electron chi connectivity index (χ4n) is 3.22. The highest BCUT2D eigenvalue weighted by Gasteiger charge is 2.27. The highest BCUT2D eigenvalue weighted by molar-refractivity contribution is 6.30. The van der Waals surface area contributed by atoms with Crippen LogP contribution in [0.2, 0.25) is 5.02 Å². The number of ether oxygens (including phenoxy) is 2. The van der Waals surface area contributed by atoms with Crippen LogP contribution in [-0.4, -0.2) is 30.2 Å². The molecule has 1 N–H and O–H groups in total. The van der Waals surface area contributed by atoms with Crippen molar-refractivity contribution >= 4 is 23.5 Å². The molecule has 0 radical (unpaired) electrons. The minimum Gasteiger partial charge on any atom is -0.493 e. The van der Waals surface area contributed by atoms with Gasteiger partial charge in [0.15, 0.2) is 17.3 Å². The second-order valence-electron chi connectivity index (χ2n) is 6.26. The van der Waals surface area contributed by atoms with Gasteiger partial charge < -0.3 is 9.47 Å². The summed E-state index contributed by atoms with van der Waals surface area (Å²) in [5.41, 5.74) is 4.81. The van der Waals surface area contributed by atoms with E-state index >= 15 is 0 Å². The van der Waals surface area contributed by atoms with Gasteiger partial charge in [-0.3, -0.25) is 9.89 Å². The number of Topliss-reactive ketones (excluding diaryl/α,β-unsaturated/α-hetero) is 1. The summed E-state index contributed by atoms with van der Waals surface area (Å²) in [6.07, 6.45) is 2.39. The van der Waals surface area contributed by atoms with Crippen LogP contribution in [0, 0.1) is 0 Å². The van der Waals surface area contributed by atoms with Crippen LogP contribution in [0.5, 0.6) is 11.5 Å². The van der Waals surface area contributed by atoms with E-state index in [1.54, 1.807) is 20.3 Å². The summed E-state index contributed by atoms with van der Waals surface area (Å²) in [6, 6.07) is 13.0. The van der Waals surface area contributed by atoms with E-state index in [9.17, 15) is 4.79 Å². The molecule has 1 aromatic heterocycles. The molecular formula is C21H17ClN2O3. The number of H-pyrrole nitrogens is 1. The fraction of sp³-hybridized carbons (Fsp3) is 0.143. The maximum Gasteiger partial charge on any atom is 0.189 e. The Labute approximate surface area is 161 Å². The number of ketones is 1. The topological polar surface area (TPSA) is 64.2 Å². The third kappa shape index (κ3) is 3.22. The minimum absolute atomic E-state index is 0.00593. The molecule has 6 heteroatoms. The third-order valence-corrected chi connectivity index (χ3v) is 4.85. The Morgan fingerprint density at radius 2 is 1.78 bits per heavy atom. The number of benzene rings is 2. The monoisotopic (exact) mass is 380 g/mol. The van der Waals surface area contributed by atoms with E-state index in [1.807, 2.05) is 42.5 Å². The first-order chi connectivity index (χ1) is 13.1. The molecule has 1 aliphatic rings. The third-order valence-electron chi connectivity index (χ3n) is 4.59. The number of hydrogen-bond acceptors (Lipinski definition) is 4. The van der Waals surface area contributed by atoms with Gasteiger partial charge in [-0.15, -0.1) is 0 Å². The lowest BCUT2D eigenvalue weighted by atomic mass is 10.1. The van der Waals surface area contributed by atoms with Crippen LogP contribution in [0.1, 0.15) is 21.6 Å². The van der Waals surface area contributed by atoms with Crippen molar-refractivity contribution in [1.82, 2.24) is 10.2 Å². The number of nitrogens with one attached hydrogen (secondary N) is 1. The van der Waals surface area contributed by atoms with Gasteiger partial charge in [-0.25, -0.2) is 0 Å². The van der Waals surface area contributed by atoms with Gasteiger partial charge in [0.05, 0.1) is 25.6 Å². The van der Waals surface area contributed by atoms with Crippen LogP contribution in [0.4, 0.5) is 0 Å². The number of hydrogen-bond donors (Lipinski definition) is 1. The number of fused-ring (bicyclic) bond motifs is 1. The van der Waals surface area contributed by atoms with Crippen LogP contribution < -0.4 is 9.47 Å². The number of carbonyl (C=O) groups is 1. The van der Waals surface area contributed by atoms with Gasteiger partial charge in [0.2, 0.25) is 0 Å². The molecule has 27 heavy (non-hydrogen) atoms. The lowest BCUT2D eigenvalue weighted by Crippen LogP contribution is -1.97. The van der Waals surface area contributed by atoms with Crippen LogP contribution in [0.3, 0.4) is 0 Å². The first-order valence-electron chi connectivity index (χ1n) is 8.40. The van der Waals surface area contributed by atoms with Gasteiger partial charge in [-0.1, -0.05) is 23.7 Å². The largest absolute Gasteiger partial charge is 0.493 e. The smallest absolute Gasteiger partial charge is 0.189 e. The van der Waals surface area contributed by atoms with E-state index in [1.165, 1.54) is 0 Å². The summed E-state index contributed by atoms with van der Waals surface area (Å²) in [4.78, 5) is 12.8. The molecule has 1 aliphatic carbocycles. The quantitative estimate of drug-likeness (QED) is 0.673. The van der Waals surface area contributed by atoms with Crippen molar-refractivity contribution in [3.8, 4) is 22.8 Å². The number of halogens is 1. The lowest BCUT2D eigenvalue weighted by molar-refractivity contribution is 0.104. The van der Waals surface area contributed by atoms with Gasteiger partial charge in [0, 0.05) is 28.1 Å². The number of aromatic amines is 1. The highest BCUT2D eigenvalue weighted by Crippen LogP contribution is 2.37. The Bertz CT molecular complexity index is 1050. The maximum atomic E-state index is 12.8. The first-order valence-corrected chi connectivity index (χ1v) is 8.78. The molecule has 0 spiro atoms. The van der Waals surface area contributed by atoms with E-state index in [0.717, 1.165) is 22.5 Å². The normalized spacial score (nSPS) is 14.5. The van der Waals surface area contributed by atoms with Crippen LogP contribution >= 0.6 is 11.6 Å². The lowest BCUT2D eigenvalue weighted by Gasteiger charge is -2.08. The molecule has 5 nitrogen and oxygen atoms in total. The summed E-state index contributed by atoms with van der Waals surface area (Å²) in [6.45, 7) is 0. The zero-order valence-electron chi connectivity index (χ0n) is 14.9. The molecule has 2 aromatic carbocycles. The zero-order chi connectivity index (χ0) is 19.0. The number of nitrogens with zero attached hydrogens (tertiary/aromatic N) is 1. The summed E-state index contributed by atoms with van der Waals surface area (Å²) >= 11 is 5.93. The van der Waals surface area contributed by atoms with Crippen LogP contribution in [0.25, 0.3) is 17.3 Å². The average Bonchev–Trinajstić information content (AvgIpc) is 3.26. The molecule has 4 rings (SSSR count). The van der Waals surface area contributed by atoms with Gasteiger partial charge in [0.1, 0.15) is 0 Å². The van der Waals surface area contributed by atoms with E-state index in [2.05, 4.69) is 10.2 Å². The molecule has 0 amide bonds. The van der Waals surface area contributed by atoms with Crippen molar-refractivity contribution in [3.63, 3.8) is 0 Å². The Morgan fingerprint density at radius 1 is 1.07 bits per heavy atom. The predicted octanol–water partition coefficient (Wildman–Crippen LogP) is 4.57. The molecule has 0 unspecified atom stereocenters. The van der Waals surface area contributed by atoms with Crippen molar-refractivity contribution in [1.29, 1.82) is 0 Å². The standard InChI is InChI=1S/C21H17ClN2O3/c1-26-19-9-13-7-14(21(25)17(13)11-20(19)27-2)8-16-10-18(24-23-16)12-3-5-15(22)6-4-12/h3-6,8-11H,7H2,1-2H3,(H,23,24). The van der Waals surface area contributed by atoms with E-state index in [4.69, 9.17) is 21.1 Å². The molecule has 0 aliphatic heterocycles. The highest BCUT2D eigenvalue weighted by atomic mass is 35.5. The SMILES string of the molecule is COc1cc2c(cc1OC)C(=O)C(=Cc1cc(-c3ccc(Cl)cc3)n[nH]1)C2. The Balaban J connectivity index is 1.63. The summed E-state index contributed by atoms with van der Waals surface area (Å²) in [5.74, 6) is 1.17. The average molecular weight is 381 g/mol. The molecule has 0 fully saturated rings. The zero-order valence-corrected chi connectivity index (χ0v) is 15.6. The molecule has 0 atom stereocenters. The van der Waals surface area contributed by atoms with Crippen molar-refractivity contribution in [2.24, 2.45) is 0 Å². The molecular weight excluding hydrogens is 364 g/mol. The van der Waals surface area contributed by atoms with Gasteiger partial charge in [-0.2, -0.15) is 5.10 Å². The van der Waals surface area contributed by atoms with Gasteiger partial charge in [-0.05, 0) is 42.0 Å². The number of rotatable bonds is 4. The Kier molecular flexibility index (Phi) is 4.46. The molecule has 0 bridgehead atoms. The first kappa shape index (κ1) is 17.4. The summed E-state index contributed by atoms with van der Waals surface area (Å²) in [7, 11) is 3.14. The van der Waals surface area contributed by atoms with Crippen LogP contribution in [0.15, 0.2) is 48.0 Å². The molecule has 0 saturated carbocycles. The van der Waals surface area contributed by atoms with Crippen molar-refractivity contribution in [3.05, 3.63) is 69.9 Å². The van der Waals surface area contributed by atoms with Gasteiger partial charge >= 0.3 is 0 Å². The summed E-state index contributed by atoms with van der Waals surface area (Å²) < 4.78 is 10.6. The molecule has 3 aromatic rings.